The molecule has 0 aliphatic carbocycles. The third-order valence-electron chi connectivity index (χ3n) is 15.5. The molecule has 0 spiro atoms. The number of hydrogen-bond donors (Lipinski definition) is 0. The number of aromatic nitrogens is 1. The summed E-state index contributed by atoms with van der Waals surface area (Å²) >= 11 is 3.78. The molecule has 0 saturated carbocycles. The smallest absolute Gasteiger partial charge is 0.333 e. The largest absolute Gasteiger partial charge is 0.450 e. The Morgan fingerprint density at radius 1 is 0.473 bits per heavy atom. The van der Waals surface area contributed by atoms with Crippen LogP contribution >= 0.6 is 22.7 Å². The highest BCUT2D eigenvalue weighted by Gasteiger charge is 2.47. The Bertz CT molecular complexity index is 4460. The van der Waals surface area contributed by atoms with Gasteiger partial charge in [0, 0.05) is 80.8 Å². The molecular weight excluding hydrogens is 942 g/mol. The molecule has 3 aromatic heterocycles. The van der Waals surface area contributed by atoms with Crippen molar-refractivity contribution in [2.75, 3.05) is 9.80 Å². The molecule has 0 fully saturated rings. The number of nitrogens with zero attached hydrogens (tertiary/aromatic N) is 3. The molecule has 0 radical (unpaired) electrons. The van der Waals surface area contributed by atoms with Gasteiger partial charge in [-0.15, -0.1) is 22.7 Å². The number of ether oxygens (including phenoxy) is 2. The van der Waals surface area contributed by atoms with Crippen LogP contribution in [0.5, 0.6) is 23.0 Å². The van der Waals surface area contributed by atoms with Gasteiger partial charge in [0.1, 0.15) is 0 Å². The molecule has 8 heteroatoms. The van der Waals surface area contributed by atoms with Crippen LogP contribution in [0.25, 0.3) is 73.6 Å². The van der Waals surface area contributed by atoms with Crippen LogP contribution in [-0.4, -0.2) is 11.3 Å². The summed E-state index contributed by atoms with van der Waals surface area (Å²) in [7, 11) is 0. The number of hydrogen-bond acceptors (Lipinski definition) is 6. The third kappa shape index (κ3) is 5.92. The summed E-state index contributed by atoms with van der Waals surface area (Å²) < 4.78 is 20.3. The molecule has 0 atom stereocenters. The summed E-state index contributed by atoms with van der Waals surface area (Å²) in [5, 5.41) is 6.29. The fraction of sp³-hybridized carbons (Fsp3) is 0.0606. The van der Waals surface area contributed by atoms with E-state index in [4.69, 9.17) is 9.47 Å². The predicted octanol–water partition coefficient (Wildman–Crippen LogP) is 18.1. The standard InChI is InChI=1S/C66H44BN3O2S2/c1-66(2,3)40-31-33-49(46(35-40)39-19-7-4-8-20-39)69-51-38-55-54(71-52-27-15-16-28-53(52)72-55)37-48(51)67-62-47(36-58-59(64(62)69)44-25-13-17-29-56(44)73-58)43-32-34-50(68(41-21-9-5-10-22-41)42-23-11-6-12-24-42)61-60-45-26-14-18-30-57(45)74-65(60)70(67)63(43)61/h4-38H,1-3H3. The van der Waals surface area contributed by atoms with Crippen LogP contribution in [0.3, 0.4) is 0 Å². The van der Waals surface area contributed by atoms with Crippen molar-refractivity contribution in [2.24, 2.45) is 0 Å². The maximum atomic E-state index is 6.93. The van der Waals surface area contributed by atoms with Gasteiger partial charge in [0.05, 0.1) is 21.9 Å². The quantitative estimate of drug-likeness (QED) is 0.161. The van der Waals surface area contributed by atoms with Crippen molar-refractivity contribution in [1.82, 2.24) is 4.48 Å². The molecule has 6 heterocycles. The van der Waals surface area contributed by atoms with E-state index in [0.29, 0.717) is 23.0 Å². The maximum absolute atomic E-state index is 6.93. The first-order valence-electron chi connectivity index (χ1n) is 25.4. The lowest BCUT2D eigenvalue weighted by Crippen LogP contribution is -2.56. The second-order valence-corrected chi connectivity index (χ2v) is 22.9. The van der Waals surface area contributed by atoms with Crippen LogP contribution in [0.15, 0.2) is 212 Å². The van der Waals surface area contributed by atoms with Gasteiger partial charge in [-0.2, -0.15) is 0 Å². The molecule has 0 unspecified atom stereocenters. The molecule has 10 aromatic carbocycles. The summed E-state index contributed by atoms with van der Waals surface area (Å²) in [4.78, 5) is 6.29. The lowest BCUT2D eigenvalue weighted by atomic mass is 9.45. The van der Waals surface area contributed by atoms with Gasteiger partial charge in [-0.3, -0.25) is 0 Å². The normalized spacial score (nSPS) is 13.2. The van der Waals surface area contributed by atoms with Crippen molar-refractivity contribution in [3.05, 3.63) is 218 Å². The number of para-hydroxylation sites is 4. The summed E-state index contributed by atoms with van der Waals surface area (Å²) in [5.74, 6) is 2.81. The van der Waals surface area contributed by atoms with Crippen LogP contribution in [0.2, 0.25) is 0 Å². The zero-order chi connectivity index (χ0) is 49.0. The Hall–Kier alpha value is -8.56. The SMILES string of the molecule is CC(C)(C)c1ccc(N2c3cc4c(cc3B3c5c(cc6sc7ccccc7c6c52)-c2ccc(N(c5ccccc5)c5ccccc5)c5c6c7ccccc7sc6n3c25)Oc2ccccc2O4)c(-c2ccccc2)c1. The molecule has 0 saturated heterocycles. The van der Waals surface area contributed by atoms with Gasteiger partial charge >= 0.3 is 6.85 Å². The van der Waals surface area contributed by atoms with Crippen LogP contribution in [0.1, 0.15) is 26.3 Å². The lowest BCUT2D eigenvalue weighted by molar-refractivity contribution is 0.360. The molecular formula is C66H44BN3O2S2. The first-order chi connectivity index (χ1) is 36.4. The minimum atomic E-state index is -0.257. The highest BCUT2D eigenvalue weighted by molar-refractivity contribution is 7.27. The van der Waals surface area contributed by atoms with E-state index in [1.807, 2.05) is 46.9 Å². The molecule has 5 nitrogen and oxygen atoms in total. The number of anilines is 6. The van der Waals surface area contributed by atoms with E-state index < -0.39 is 0 Å². The van der Waals surface area contributed by atoms with Crippen molar-refractivity contribution in [3.63, 3.8) is 0 Å². The first kappa shape index (κ1) is 42.0. The average Bonchev–Trinajstić information content (AvgIpc) is 4.11. The number of rotatable bonds is 5. The third-order valence-corrected chi connectivity index (χ3v) is 17.8. The summed E-state index contributed by atoms with van der Waals surface area (Å²) in [6, 6.07) is 77.7. The van der Waals surface area contributed by atoms with Gasteiger partial charge in [0.25, 0.3) is 0 Å². The first-order valence-corrected chi connectivity index (χ1v) is 27.0. The van der Waals surface area contributed by atoms with E-state index in [0.717, 1.165) is 33.9 Å². The lowest BCUT2D eigenvalue weighted by Gasteiger charge is -2.42. The van der Waals surface area contributed by atoms with Crippen LogP contribution < -0.4 is 30.2 Å². The van der Waals surface area contributed by atoms with E-state index in [9.17, 15) is 0 Å². The molecule has 0 amide bonds. The molecule has 3 aliphatic heterocycles. The Balaban J connectivity index is 1.10. The molecule has 16 rings (SSSR count). The maximum Gasteiger partial charge on any atom is 0.333 e. The van der Waals surface area contributed by atoms with Crippen molar-refractivity contribution in [1.29, 1.82) is 0 Å². The second-order valence-electron chi connectivity index (χ2n) is 20.8. The molecule has 0 N–H and O–H groups in total. The topological polar surface area (TPSA) is 29.9 Å². The highest BCUT2D eigenvalue weighted by atomic mass is 32.1. The summed E-state index contributed by atoms with van der Waals surface area (Å²) in [5.41, 5.74) is 16.4. The van der Waals surface area contributed by atoms with Gasteiger partial charge in [-0.1, -0.05) is 148 Å². The van der Waals surface area contributed by atoms with Crippen molar-refractivity contribution in [2.45, 2.75) is 26.2 Å². The summed E-state index contributed by atoms with van der Waals surface area (Å²) in [6.07, 6.45) is 0. The fourth-order valence-electron chi connectivity index (χ4n) is 12.3. The van der Waals surface area contributed by atoms with Gasteiger partial charge < -0.3 is 23.8 Å². The molecule has 13 aromatic rings. The van der Waals surface area contributed by atoms with E-state index in [-0.39, 0.29) is 12.3 Å². The zero-order valence-electron chi connectivity index (χ0n) is 40.8. The number of fused-ring (bicyclic) bond motifs is 15. The summed E-state index contributed by atoms with van der Waals surface area (Å²) in [6.45, 7) is 6.67. The number of benzene rings is 10. The fourth-order valence-corrected chi connectivity index (χ4v) is 14.7. The van der Waals surface area contributed by atoms with E-state index in [1.165, 1.54) is 90.3 Å². The van der Waals surface area contributed by atoms with Gasteiger partial charge in [-0.25, -0.2) is 0 Å². The van der Waals surface area contributed by atoms with Gasteiger partial charge in [0.2, 0.25) is 0 Å². The average molecular weight is 986 g/mol. The van der Waals surface area contributed by atoms with E-state index in [1.54, 1.807) is 0 Å². The second kappa shape index (κ2) is 15.5. The zero-order valence-corrected chi connectivity index (χ0v) is 42.4. The minimum Gasteiger partial charge on any atom is -0.450 e. The molecule has 74 heavy (non-hydrogen) atoms. The van der Waals surface area contributed by atoms with Gasteiger partial charge in [-0.05, 0) is 112 Å². The number of thiophene rings is 2. The van der Waals surface area contributed by atoms with Gasteiger partial charge in [0.15, 0.2) is 23.0 Å². The Morgan fingerprint density at radius 3 is 1.77 bits per heavy atom. The van der Waals surface area contributed by atoms with Crippen LogP contribution in [0, 0.1) is 0 Å². The predicted molar refractivity (Wildman–Crippen MR) is 314 cm³/mol. The Morgan fingerprint density at radius 2 is 1.08 bits per heavy atom. The van der Waals surface area contributed by atoms with E-state index in [2.05, 4.69) is 223 Å². The Labute approximate surface area is 436 Å². The molecule has 3 aliphatic rings. The van der Waals surface area contributed by atoms with Crippen LogP contribution in [-0.2, 0) is 5.41 Å². The Kier molecular flexibility index (Phi) is 8.79. The van der Waals surface area contributed by atoms with Crippen molar-refractivity contribution in [3.8, 4) is 45.3 Å². The highest BCUT2D eigenvalue weighted by Crippen LogP contribution is 2.57. The monoisotopic (exact) mass is 985 g/mol. The van der Waals surface area contributed by atoms with Crippen LogP contribution in [0.4, 0.5) is 34.1 Å². The molecule has 350 valence electrons. The van der Waals surface area contributed by atoms with E-state index >= 15 is 0 Å². The van der Waals surface area contributed by atoms with Crippen molar-refractivity contribution < 1.29 is 9.47 Å². The molecule has 0 bridgehead atoms. The minimum absolute atomic E-state index is 0.0814. The van der Waals surface area contributed by atoms with Crippen molar-refractivity contribution >= 4 is 126 Å².